The van der Waals surface area contributed by atoms with E-state index >= 15 is 0 Å². The molecule has 35 heavy (non-hydrogen) atoms. The maximum atomic E-state index is 8.98. The van der Waals surface area contributed by atoms with Gasteiger partial charge >= 0.3 is 0 Å². The Labute approximate surface area is 249 Å². The molecular formula is C28H64O5W2. The summed E-state index contributed by atoms with van der Waals surface area (Å²) in [5.74, 6) is 0. The van der Waals surface area contributed by atoms with Gasteiger partial charge in [-0.15, -0.1) is 0 Å². The van der Waals surface area contributed by atoms with Crippen LogP contribution in [0.4, 0.5) is 0 Å². The summed E-state index contributed by atoms with van der Waals surface area (Å²) in [6.07, 6.45) is 8.96. The van der Waals surface area contributed by atoms with E-state index in [2.05, 4.69) is 55.4 Å². The normalized spacial score (nSPS) is 14.0. The third-order valence-electron chi connectivity index (χ3n) is 6.32. The maximum absolute atomic E-state index is 8.98. The van der Waals surface area contributed by atoms with Crippen molar-refractivity contribution in [2.45, 2.75) is 128 Å². The zero-order valence-electron chi connectivity index (χ0n) is 24.2. The first-order valence-electron chi connectivity index (χ1n) is 12.4. The van der Waals surface area contributed by atoms with Crippen molar-refractivity contribution in [1.29, 1.82) is 0 Å². The fourth-order valence-electron chi connectivity index (χ4n) is 1.94. The van der Waals surface area contributed by atoms with Crippen molar-refractivity contribution in [2.75, 3.05) is 26.4 Å². The number of carbonyl (C=O) groups excluding carboxylic acids is 1. The molecule has 0 heterocycles. The van der Waals surface area contributed by atoms with E-state index in [-0.39, 0.29) is 86.8 Å². The summed E-state index contributed by atoms with van der Waals surface area (Å²) >= 11 is 0. The molecule has 0 unspecified atom stereocenters. The van der Waals surface area contributed by atoms with Gasteiger partial charge in [-0.1, -0.05) is 109 Å². The number of rotatable bonds is 5. The Bertz CT molecular complexity index is 356. The first-order chi connectivity index (χ1) is 14.6. The van der Waals surface area contributed by atoms with Gasteiger partial charge < -0.3 is 25.2 Å². The second kappa shape index (κ2) is 29.4. The minimum Gasteiger partial charge on any atom is -0.396 e. The Morgan fingerprint density at radius 3 is 0.971 bits per heavy atom. The fraction of sp³-hybridized carbons (Fsp3) is 0.964. The zero-order valence-corrected chi connectivity index (χ0v) is 30.1. The van der Waals surface area contributed by atoms with E-state index in [1.54, 1.807) is 0 Å². The van der Waals surface area contributed by atoms with Crippen LogP contribution in [0.2, 0.25) is 0 Å². The van der Waals surface area contributed by atoms with Crippen LogP contribution in [0.25, 0.3) is 0 Å². The number of carbonyl (C=O) groups is 1. The molecule has 0 atom stereocenters. The van der Waals surface area contributed by atoms with E-state index < -0.39 is 0 Å². The number of hydrogen-bond donors (Lipinski definition) is 4. The van der Waals surface area contributed by atoms with E-state index in [1.165, 1.54) is 32.1 Å². The van der Waals surface area contributed by atoms with Gasteiger partial charge in [-0.05, 0) is 30.1 Å². The van der Waals surface area contributed by atoms with Crippen LogP contribution in [0, 0.1) is 21.7 Å². The van der Waals surface area contributed by atoms with Gasteiger partial charge in [0.1, 0.15) is 6.79 Å². The summed E-state index contributed by atoms with van der Waals surface area (Å²) in [6, 6.07) is 0. The van der Waals surface area contributed by atoms with Gasteiger partial charge in [0.25, 0.3) is 0 Å². The Morgan fingerprint density at radius 1 is 0.629 bits per heavy atom. The van der Waals surface area contributed by atoms with Crippen LogP contribution in [0.1, 0.15) is 128 Å². The number of aliphatic hydroxyl groups excluding tert-OH is 4. The molecule has 7 heteroatoms. The van der Waals surface area contributed by atoms with Gasteiger partial charge in [-0.25, -0.2) is 0 Å². The molecule has 5 nitrogen and oxygen atoms in total. The fourth-order valence-corrected chi connectivity index (χ4v) is 1.94. The topological polar surface area (TPSA) is 98.0 Å². The summed E-state index contributed by atoms with van der Waals surface area (Å²) in [5.41, 5.74) is 0.693. The van der Waals surface area contributed by atoms with Gasteiger partial charge in [-0.2, -0.15) is 0 Å². The molecule has 1 aliphatic carbocycles. The second-order valence-corrected chi connectivity index (χ2v) is 11.7. The molecule has 1 fully saturated rings. The van der Waals surface area contributed by atoms with Gasteiger partial charge in [0.05, 0.1) is 26.4 Å². The van der Waals surface area contributed by atoms with Crippen LogP contribution in [0.3, 0.4) is 0 Å². The maximum Gasteiger partial charge on any atom is 0.106 e. The molecule has 1 aliphatic rings. The molecule has 0 radical (unpaired) electrons. The average Bonchev–Trinajstić information content (AvgIpc) is 2.80. The Morgan fingerprint density at radius 2 is 0.886 bits per heavy atom. The molecule has 1 rings (SSSR count). The Balaban J connectivity index is -0.0000000579. The summed E-state index contributed by atoms with van der Waals surface area (Å²) in [7, 11) is 0. The minimum absolute atomic E-state index is 0. The first kappa shape index (κ1) is 52.3. The SMILES string of the molecule is C.C=O.CCC(C)(C)C.CCC(C)(C)C.CCC(C)(CO)CO.OCC1(CO)CCCCC1.[W].[W]. The third-order valence-corrected chi connectivity index (χ3v) is 6.32. The van der Waals surface area contributed by atoms with E-state index in [1.807, 2.05) is 20.6 Å². The quantitative estimate of drug-likeness (QED) is 0.249. The second-order valence-electron chi connectivity index (χ2n) is 11.7. The largest absolute Gasteiger partial charge is 0.396 e. The van der Waals surface area contributed by atoms with Crippen molar-refractivity contribution in [2.24, 2.45) is 21.7 Å². The predicted octanol–water partition coefficient (Wildman–Crippen LogP) is 6.64. The van der Waals surface area contributed by atoms with Crippen molar-refractivity contribution in [1.82, 2.24) is 0 Å². The standard InChI is InChI=1S/C8H16O2.C6H14O2.2C6H14.CH2O.CH4.2W/c9-6-8(7-10)4-2-1-3-5-8;1-3-6(2,4-7)5-8;2*1-5-6(2,3)4;1-2;;;/h9-10H,1-7H2;7-8H,3-5H2,1-2H3;2*5H2,1-4H3;1H2;1H4;;. The van der Waals surface area contributed by atoms with Crippen LogP contribution in [0.15, 0.2) is 0 Å². The van der Waals surface area contributed by atoms with E-state index in [0.29, 0.717) is 10.8 Å². The van der Waals surface area contributed by atoms with Crippen molar-refractivity contribution >= 4 is 6.79 Å². The molecule has 4 N–H and O–H groups in total. The number of aliphatic hydroxyl groups is 4. The molecule has 0 bridgehead atoms. The van der Waals surface area contributed by atoms with E-state index in [0.717, 1.165) is 19.3 Å². The zero-order chi connectivity index (χ0) is 26.5. The number of hydrogen-bond acceptors (Lipinski definition) is 5. The van der Waals surface area contributed by atoms with Crippen LogP contribution < -0.4 is 0 Å². The average molecular weight is 848 g/mol. The van der Waals surface area contributed by atoms with Crippen LogP contribution in [-0.4, -0.2) is 53.6 Å². The molecule has 0 aromatic heterocycles. The van der Waals surface area contributed by atoms with E-state index in [4.69, 9.17) is 25.2 Å². The molecule has 0 saturated heterocycles. The molecule has 0 spiro atoms. The predicted molar refractivity (Wildman–Crippen MR) is 146 cm³/mol. The molecule has 0 amide bonds. The van der Waals surface area contributed by atoms with Crippen LogP contribution in [0.5, 0.6) is 0 Å². The van der Waals surface area contributed by atoms with Gasteiger partial charge in [0.15, 0.2) is 0 Å². The molecule has 218 valence electrons. The molecule has 1 saturated carbocycles. The third kappa shape index (κ3) is 37.1. The van der Waals surface area contributed by atoms with Gasteiger partial charge in [0.2, 0.25) is 0 Å². The Hall–Kier alpha value is 0.887. The van der Waals surface area contributed by atoms with Gasteiger partial charge in [-0.3, -0.25) is 0 Å². The monoisotopic (exact) mass is 848 g/mol. The summed E-state index contributed by atoms with van der Waals surface area (Å²) in [6.45, 7) is 24.1. The summed E-state index contributed by atoms with van der Waals surface area (Å²) in [4.78, 5) is 8.00. The van der Waals surface area contributed by atoms with Crippen LogP contribution in [-0.2, 0) is 46.9 Å². The minimum atomic E-state index is -0.264. The molecule has 0 aromatic carbocycles. The first-order valence-corrected chi connectivity index (χ1v) is 12.4. The van der Waals surface area contributed by atoms with E-state index in [9.17, 15) is 0 Å². The summed E-state index contributed by atoms with van der Waals surface area (Å²) < 4.78 is 0. The smallest absolute Gasteiger partial charge is 0.106 e. The summed E-state index contributed by atoms with van der Waals surface area (Å²) in [5, 5.41) is 35.2. The Kier molecular flexibility index (Phi) is 44.0. The van der Waals surface area contributed by atoms with Crippen molar-refractivity contribution in [3.05, 3.63) is 0 Å². The van der Waals surface area contributed by atoms with Crippen molar-refractivity contribution in [3.8, 4) is 0 Å². The molecule has 0 aliphatic heterocycles. The van der Waals surface area contributed by atoms with Gasteiger partial charge in [0, 0.05) is 53.0 Å². The van der Waals surface area contributed by atoms with Crippen molar-refractivity contribution in [3.63, 3.8) is 0 Å². The van der Waals surface area contributed by atoms with Crippen molar-refractivity contribution < 1.29 is 67.4 Å². The molecule has 0 aromatic rings. The van der Waals surface area contributed by atoms with Crippen LogP contribution >= 0.6 is 0 Å². The molecular weight excluding hydrogens is 784 g/mol.